The molecule has 26 heavy (non-hydrogen) atoms. The molecule has 0 radical (unpaired) electrons. The molecule has 5 nitrogen and oxygen atoms in total. The molecule has 0 unspecified atom stereocenters. The second-order valence-corrected chi connectivity index (χ2v) is 6.53. The highest BCUT2D eigenvalue weighted by atomic mass is 31.2. The average Bonchev–Trinajstić information content (AvgIpc) is 3.17. The lowest BCUT2D eigenvalue weighted by Gasteiger charge is -2.13. The summed E-state index contributed by atoms with van der Waals surface area (Å²) in [7, 11) is 5.15. The number of rotatable bonds is 8. The second kappa shape index (κ2) is 32.9. The molecule has 1 aliphatic heterocycles. The van der Waals surface area contributed by atoms with Gasteiger partial charge in [0.15, 0.2) is 8.38 Å². The van der Waals surface area contributed by atoms with Crippen LogP contribution in [0.2, 0.25) is 0 Å². The van der Waals surface area contributed by atoms with Crippen molar-refractivity contribution in [1.82, 2.24) is 9.80 Å². The molecule has 164 valence electrons. The van der Waals surface area contributed by atoms with Crippen LogP contribution in [0.1, 0.15) is 68.2 Å². The minimum absolute atomic E-state index is 0.566. The van der Waals surface area contributed by atoms with Crippen molar-refractivity contribution in [1.29, 1.82) is 0 Å². The van der Waals surface area contributed by atoms with Crippen LogP contribution in [0.3, 0.4) is 0 Å². The van der Waals surface area contributed by atoms with Crippen LogP contribution in [-0.4, -0.2) is 76.7 Å². The van der Waals surface area contributed by atoms with Gasteiger partial charge < -0.3 is 23.6 Å². The summed E-state index contributed by atoms with van der Waals surface area (Å²) in [6.45, 7) is 22.6. The molecule has 1 fully saturated rings. The van der Waals surface area contributed by atoms with Gasteiger partial charge in [0.2, 0.25) is 0 Å². The highest BCUT2D eigenvalue weighted by Crippen LogP contribution is 2.37. The third kappa shape index (κ3) is 31.9. The zero-order valence-corrected chi connectivity index (χ0v) is 20.8. The van der Waals surface area contributed by atoms with E-state index in [1.54, 1.807) is 7.11 Å². The van der Waals surface area contributed by atoms with Crippen molar-refractivity contribution in [2.45, 2.75) is 68.2 Å². The Morgan fingerprint density at radius 1 is 0.846 bits per heavy atom. The number of hydrogen-bond donors (Lipinski definition) is 0. The summed E-state index contributed by atoms with van der Waals surface area (Å²) in [5, 5.41) is 0. The van der Waals surface area contributed by atoms with Crippen molar-refractivity contribution in [3.8, 4) is 0 Å². The predicted molar refractivity (Wildman–Crippen MR) is 120 cm³/mol. The molecular formula is C20H51N2O3P. The Balaban J connectivity index is -0.000000132. The van der Waals surface area contributed by atoms with E-state index in [-0.39, 0.29) is 0 Å². The predicted octanol–water partition coefficient (Wildman–Crippen LogP) is 5.70. The molecule has 0 aromatic carbocycles. The van der Waals surface area contributed by atoms with E-state index in [1.807, 2.05) is 41.5 Å². The van der Waals surface area contributed by atoms with Crippen LogP contribution < -0.4 is 0 Å². The lowest BCUT2D eigenvalue weighted by atomic mass is 10.4. The minimum Gasteiger partial charge on any atom is -0.375 e. The van der Waals surface area contributed by atoms with Gasteiger partial charge in [-0.1, -0.05) is 41.5 Å². The van der Waals surface area contributed by atoms with Gasteiger partial charge in [0.25, 0.3) is 0 Å². The summed E-state index contributed by atoms with van der Waals surface area (Å²) in [6, 6.07) is 0. The topological polar surface area (TPSA) is 34.2 Å². The maximum absolute atomic E-state index is 5.24. The molecule has 1 rings (SSSR count). The molecule has 0 amide bonds. The van der Waals surface area contributed by atoms with Crippen LogP contribution in [0, 0.1) is 0 Å². The monoisotopic (exact) mass is 398 g/mol. The molecule has 1 heterocycles. The number of methoxy groups -OCH3 is 1. The van der Waals surface area contributed by atoms with E-state index in [0.29, 0.717) is 19.6 Å². The highest BCUT2D eigenvalue weighted by molar-refractivity contribution is 7.47. The first-order chi connectivity index (χ1) is 12.5. The summed E-state index contributed by atoms with van der Waals surface area (Å²) in [4.78, 5) is 4.61. The Kier molecular flexibility index (Phi) is 42.7. The molecule has 0 atom stereocenters. The molecule has 1 saturated heterocycles. The van der Waals surface area contributed by atoms with Crippen molar-refractivity contribution < 1.29 is 13.8 Å². The third-order valence-corrected chi connectivity index (χ3v) is 4.75. The molecule has 0 aliphatic carbocycles. The van der Waals surface area contributed by atoms with Crippen LogP contribution in [-0.2, 0) is 13.8 Å². The Morgan fingerprint density at radius 3 is 1.38 bits per heavy atom. The largest absolute Gasteiger partial charge is 0.375 e. The van der Waals surface area contributed by atoms with Crippen molar-refractivity contribution in [2.24, 2.45) is 0 Å². The molecule has 0 spiro atoms. The lowest BCUT2D eigenvalue weighted by molar-refractivity contribution is 0.200. The van der Waals surface area contributed by atoms with Crippen LogP contribution in [0.15, 0.2) is 0 Å². The zero-order chi connectivity index (χ0) is 21.2. The Bertz CT molecular complexity index is 189. The van der Waals surface area contributed by atoms with Crippen molar-refractivity contribution in [3.63, 3.8) is 0 Å². The van der Waals surface area contributed by atoms with Gasteiger partial charge in [0.1, 0.15) is 6.35 Å². The van der Waals surface area contributed by atoms with Gasteiger partial charge in [-0.05, 0) is 67.0 Å². The van der Waals surface area contributed by atoms with Crippen LogP contribution >= 0.6 is 8.38 Å². The van der Waals surface area contributed by atoms with Crippen molar-refractivity contribution in [3.05, 3.63) is 0 Å². The van der Waals surface area contributed by atoms with Gasteiger partial charge in [0.05, 0.1) is 13.2 Å². The molecule has 0 aromatic rings. The Hall–Kier alpha value is 0.230. The van der Waals surface area contributed by atoms with E-state index in [9.17, 15) is 0 Å². The van der Waals surface area contributed by atoms with E-state index in [2.05, 4.69) is 37.7 Å². The Morgan fingerprint density at radius 2 is 1.23 bits per heavy atom. The first-order valence-corrected chi connectivity index (χ1v) is 11.8. The second-order valence-electron chi connectivity index (χ2n) is 5.08. The smallest absolute Gasteiger partial charge is 0.198 e. The lowest BCUT2D eigenvalue weighted by Crippen LogP contribution is -2.15. The van der Waals surface area contributed by atoms with Gasteiger partial charge in [-0.25, -0.2) is 0 Å². The molecule has 0 saturated carbocycles. The zero-order valence-electron chi connectivity index (χ0n) is 19.9. The average molecular weight is 399 g/mol. The van der Waals surface area contributed by atoms with Crippen molar-refractivity contribution in [2.75, 3.05) is 66.9 Å². The summed E-state index contributed by atoms with van der Waals surface area (Å²) in [5.74, 6) is 0. The molecule has 0 N–H and O–H groups in total. The van der Waals surface area contributed by atoms with Gasteiger partial charge in [-0.15, -0.1) is 0 Å². The van der Waals surface area contributed by atoms with Crippen molar-refractivity contribution >= 4 is 8.38 Å². The van der Waals surface area contributed by atoms with Crippen LogP contribution in [0.4, 0.5) is 0 Å². The first-order valence-electron chi connectivity index (χ1n) is 10.4. The maximum atomic E-state index is 5.24. The molecule has 0 bridgehead atoms. The normalized spacial score (nSPS) is 12.8. The van der Waals surface area contributed by atoms with E-state index >= 15 is 0 Å². The SMILES string of the molecule is CC.CC.CCN(C)CC.CCOP(COC)OCC.CN1CCCC1. The summed E-state index contributed by atoms with van der Waals surface area (Å²) < 4.78 is 15.4. The Labute approximate surface area is 167 Å². The number of nitrogens with zero attached hydrogens (tertiary/aromatic N) is 2. The van der Waals surface area contributed by atoms with Gasteiger partial charge in [-0.3, -0.25) is 0 Å². The molecule has 0 aromatic heterocycles. The van der Waals surface area contributed by atoms with Gasteiger partial charge in [-0.2, -0.15) is 0 Å². The number of ether oxygens (including phenoxy) is 1. The number of likely N-dealkylation sites (tertiary alicyclic amines) is 1. The van der Waals surface area contributed by atoms with Crippen LogP contribution in [0.25, 0.3) is 0 Å². The molecule has 6 heteroatoms. The van der Waals surface area contributed by atoms with E-state index in [4.69, 9.17) is 13.8 Å². The maximum Gasteiger partial charge on any atom is 0.198 e. The van der Waals surface area contributed by atoms with Gasteiger partial charge >= 0.3 is 0 Å². The third-order valence-electron chi connectivity index (χ3n) is 3.19. The van der Waals surface area contributed by atoms with Gasteiger partial charge in [0, 0.05) is 7.11 Å². The van der Waals surface area contributed by atoms with E-state index in [0.717, 1.165) is 13.1 Å². The summed E-state index contributed by atoms with van der Waals surface area (Å²) in [6.07, 6.45) is 3.39. The summed E-state index contributed by atoms with van der Waals surface area (Å²) in [5.41, 5.74) is 0. The van der Waals surface area contributed by atoms with Crippen LogP contribution in [0.5, 0.6) is 0 Å². The van der Waals surface area contributed by atoms with E-state index in [1.165, 1.54) is 25.9 Å². The van der Waals surface area contributed by atoms with E-state index < -0.39 is 8.38 Å². The fraction of sp³-hybridized carbons (Fsp3) is 1.00. The fourth-order valence-corrected chi connectivity index (χ4v) is 2.61. The first kappa shape index (κ1) is 33.8. The molecular weight excluding hydrogens is 347 g/mol. The fourth-order valence-electron chi connectivity index (χ4n) is 1.60. The summed E-state index contributed by atoms with van der Waals surface area (Å²) >= 11 is 0. The standard InChI is InChI=1S/C6H15O3P.C5H11N.C5H13N.2C2H6/c1-4-8-10(6-7-3)9-5-2;1-6-4-2-3-5-6;1-4-6(3)5-2;2*1-2/h4-6H2,1-3H3;2-5H2,1H3;4-5H2,1-3H3;2*1-2H3. The number of hydrogen-bond acceptors (Lipinski definition) is 5. The minimum atomic E-state index is -0.783. The quantitative estimate of drug-likeness (QED) is 0.490. The molecule has 1 aliphatic rings. The highest BCUT2D eigenvalue weighted by Gasteiger charge is 2.06.